The monoisotopic (exact) mass is 527 g/mol. The molecule has 39 heavy (non-hydrogen) atoms. The number of nitrogens with one attached hydrogen (secondary N) is 2. The van der Waals surface area contributed by atoms with E-state index in [1.807, 2.05) is 39.0 Å². The molecule has 1 atom stereocenters. The highest BCUT2D eigenvalue weighted by atomic mass is 16.5. The molecule has 1 unspecified atom stereocenters. The first-order chi connectivity index (χ1) is 18.8. The van der Waals surface area contributed by atoms with E-state index in [0.29, 0.717) is 28.9 Å². The Morgan fingerprint density at radius 2 is 1.97 bits per heavy atom. The number of hydrogen-bond donors (Lipinski definition) is 4. The van der Waals surface area contributed by atoms with Crippen LogP contribution in [-0.2, 0) is 12.0 Å². The maximum atomic E-state index is 10.3. The van der Waals surface area contributed by atoms with E-state index in [9.17, 15) is 10.4 Å². The fraction of sp³-hybridized carbons (Fsp3) is 0.448. The van der Waals surface area contributed by atoms with Crippen molar-refractivity contribution in [1.29, 1.82) is 5.26 Å². The Hall–Kier alpha value is -4.28. The van der Waals surface area contributed by atoms with Crippen molar-refractivity contribution in [2.45, 2.75) is 71.4 Å². The summed E-state index contributed by atoms with van der Waals surface area (Å²) in [6.07, 6.45) is 3.81. The van der Waals surface area contributed by atoms with Crippen LogP contribution in [0, 0.1) is 48.9 Å². The molecule has 2 aliphatic rings. The number of nitriles is 1. The molecule has 5 N–H and O–H groups in total. The number of aliphatic hydroxyl groups is 1. The van der Waals surface area contributed by atoms with Gasteiger partial charge >= 0.3 is 6.01 Å². The normalized spacial score (nSPS) is 22.5. The lowest BCUT2D eigenvalue weighted by Gasteiger charge is -2.41. The first-order valence-electron chi connectivity index (χ1n) is 13.2. The SMILES string of the molecule is Cc1nnc(NC2CCC(C#Cc3cc(CO)cc(C4(C(C)C)C(C#N)=C(N)Oc5n[nH]c(C)c54)c3)CC2)o1. The molecule has 10 nitrogen and oxygen atoms in total. The molecule has 0 amide bonds. The van der Waals surface area contributed by atoms with Crippen molar-refractivity contribution >= 4 is 6.01 Å². The van der Waals surface area contributed by atoms with E-state index in [1.54, 1.807) is 6.92 Å². The van der Waals surface area contributed by atoms with E-state index in [2.05, 4.69) is 43.6 Å². The fourth-order valence-electron chi connectivity index (χ4n) is 5.94. The van der Waals surface area contributed by atoms with Gasteiger partial charge < -0.3 is 25.3 Å². The maximum Gasteiger partial charge on any atom is 0.315 e. The lowest BCUT2D eigenvalue weighted by Crippen LogP contribution is -2.41. The molecule has 10 heteroatoms. The first-order valence-corrected chi connectivity index (χ1v) is 13.2. The van der Waals surface area contributed by atoms with Gasteiger partial charge in [-0.1, -0.05) is 36.9 Å². The van der Waals surface area contributed by atoms with Crippen LogP contribution in [0.4, 0.5) is 6.01 Å². The molecule has 1 aromatic carbocycles. The van der Waals surface area contributed by atoms with E-state index in [0.717, 1.165) is 48.1 Å². The summed E-state index contributed by atoms with van der Waals surface area (Å²) in [4.78, 5) is 0. The molecule has 0 radical (unpaired) electrons. The van der Waals surface area contributed by atoms with E-state index < -0.39 is 5.41 Å². The number of nitrogens with two attached hydrogens (primary N) is 1. The summed E-state index contributed by atoms with van der Waals surface area (Å²) < 4.78 is 11.2. The Morgan fingerprint density at radius 3 is 2.62 bits per heavy atom. The predicted octanol–water partition coefficient (Wildman–Crippen LogP) is 3.95. The van der Waals surface area contributed by atoms with Crippen LogP contribution in [0.3, 0.4) is 0 Å². The lowest BCUT2D eigenvalue weighted by atomic mass is 9.61. The molecule has 3 aromatic rings. The number of aromatic nitrogens is 4. The number of benzene rings is 1. The van der Waals surface area contributed by atoms with Gasteiger partial charge in [0.05, 0.1) is 17.6 Å². The Bertz CT molecular complexity index is 1510. The van der Waals surface area contributed by atoms with E-state index in [4.69, 9.17) is 14.9 Å². The number of aryl methyl sites for hydroxylation is 2. The van der Waals surface area contributed by atoms with Crippen molar-refractivity contribution in [2.75, 3.05) is 5.32 Å². The van der Waals surface area contributed by atoms with Crippen LogP contribution in [0.1, 0.15) is 73.4 Å². The number of rotatable bonds is 5. The zero-order valence-electron chi connectivity index (χ0n) is 22.6. The molecule has 1 aliphatic carbocycles. The van der Waals surface area contributed by atoms with Gasteiger partial charge in [0.1, 0.15) is 11.6 Å². The van der Waals surface area contributed by atoms with E-state index >= 15 is 0 Å². The smallest absolute Gasteiger partial charge is 0.315 e. The largest absolute Gasteiger partial charge is 0.420 e. The molecule has 1 aliphatic heterocycles. The Labute approximate surface area is 227 Å². The number of aromatic amines is 1. The Balaban J connectivity index is 1.47. The average Bonchev–Trinajstić information content (AvgIpc) is 3.51. The molecular formula is C29H33N7O3. The number of allylic oxidation sites excluding steroid dienone is 1. The third-order valence-electron chi connectivity index (χ3n) is 7.77. The summed E-state index contributed by atoms with van der Waals surface area (Å²) in [5.74, 6) is 7.93. The highest BCUT2D eigenvalue weighted by molar-refractivity contribution is 5.63. The molecular weight excluding hydrogens is 494 g/mol. The van der Waals surface area contributed by atoms with Crippen LogP contribution in [0.15, 0.2) is 34.1 Å². The van der Waals surface area contributed by atoms with Crippen molar-refractivity contribution in [1.82, 2.24) is 20.4 Å². The number of ether oxygens (including phenoxy) is 1. The molecule has 2 aromatic heterocycles. The van der Waals surface area contributed by atoms with Crippen LogP contribution in [0.25, 0.3) is 0 Å². The van der Waals surface area contributed by atoms with Crippen molar-refractivity contribution in [3.05, 3.63) is 63.5 Å². The highest BCUT2D eigenvalue weighted by Crippen LogP contribution is 2.52. The van der Waals surface area contributed by atoms with Crippen LogP contribution in [0.5, 0.6) is 5.88 Å². The minimum Gasteiger partial charge on any atom is -0.420 e. The second-order valence-corrected chi connectivity index (χ2v) is 10.6. The number of anilines is 1. The highest BCUT2D eigenvalue weighted by Gasteiger charge is 2.50. The topological polar surface area (TPSA) is 159 Å². The van der Waals surface area contributed by atoms with Gasteiger partial charge in [-0.25, -0.2) is 0 Å². The second-order valence-electron chi connectivity index (χ2n) is 10.6. The van der Waals surface area contributed by atoms with Crippen molar-refractivity contribution in [3.63, 3.8) is 0 Å². The maximum absolute atomic E-state index is 10.3. The average molecular weight is 528 g/mol. The predicted molar refractivity (Wildman–Crippen MR) is 144 cm³/mol. The number of nitrogens with zero attached hydrogens (tertiary/aromatic N) is 4. The fourth-order valence-corrected chi connectivity index (χ4v) is 5.94. The van der Waals surface area contributed by atoms with Crippen LogP contribution in [-0.4, -0.2) is 31.5 Å². The molecule has 202 valence electrons. The molecule has 0 saturated heterocycles. The summed E-state index contributed by atoms with van der Waals surface area (Å²) >= 11 is 0. The van der Waals surface area contributed by atoms with Crippen LogP contribution in [0.2, 0.25) is 0 Å². The van der Waals surface area contributed by atoms with Crippen molar-refractivity contribution in [3.8, 4) is 23.8 Å². The standard InChI is InChI=1S/C29H33N7O3/c1-16(2)29(24(14-30)26(31)39-27-25(29)17(3)33-35-27)22-12-20(11-21(13-22)15-37)6-5-19-7-9-23(10-8-19)32-28-36-34-18(4)38-28/h11-13,16,19,23,37H,7-10,15,31H2,1-4H3,(H,32,36)(H,33,35). The van der Waals surface area contributed by atoms with Gasteiger partial charge in [-0.3, -0.25) is 5.10 Å². The summed E-state index contributed by atoms with van der Waals surface area (Å²) in [6, 6.07) is 8.88. The van der Waals surface area contributed by atoms with Gasteiger partial charge in [-0.15, -0.1) is 10.2 Å². The van der Waals surface area contributed by atoms with E-state index in [1.165, 1.54) is 0 Å². The number of fused-ring (bicyclic) bond motifs is 1. The molecule has 1 saturated carbocycles. The first kappa shape index (κ1) is 26.3. The number of aliphatic hydroxyl groups excluding tert-OH is 1. The third-order valence-corrected chi connectivity index (χ3v) is 7.77. The summed E-state index contributed by atoms with van der Waals surface area (Å²) in [6.45, 7) is 7.62. The Morgan fingerprint density at radius 1 is 1.21 bits per heavy atom. The zero-order valence-corrected chi connectivity index (χ0v) is 22.6. The minimum absolute atomic E-state index is 0.0355. The quantitative estimate of drug-likeness (QED) is 0.360. The van der Waals surface area contributed by atoms with Gasteiger partial charge in [0, 0.05) is 30.1 Å². The molecule has 5 rings (SSSR count). The minimum atomic E-state index is -0.915. The Kier molecular flexibility index (Phi) is 7.07. The van der Waals surface area contributed by atoms with Crippen molar-refractivity contribution < 1.29 is 14.3 Å². The molecule has 1 fully saturated rings. The summed E-state index contributed by atoms with van der Waals surface area (Å²) in [7, 11) is 0. The van der Waals surface area contributed by atoms with Gasteiger partial charge in [-0.2, -0.15) is 5.26 Å². The van der Waals surface area contributed by atoms with E-state index in [-0.39, 0.29) is 30.4 Å². The van der Waals surface area contributed by atoms with Gasteiger partial charge in [0.25, 0.3) is 0 Å². The van der Waals surface area contributed by atoms with Crippen molar-refractivity contribution in [2.24, 2.45) is 17.6 Å². The lowest BCUT2D eigenvalue weighted by molar-refractivity contribution is 0.281. The van der Waals surface area contributed by atoms with Gasteiger partial charge in [0.15, 0.2) is 0 Å². The molecule has 3 heterocycles. The number of hydrogen-bond acceptors (Lipinski definition) is 9. The number of H-pyrrole nitrogens is 1. The zero-order chi connectivity index (χ0) is 27.7. The van der Waals surface area contributed by atoms with Crippen LogP contribution >= 0.6 is 0 Å². The van der Waals surface area contributed by atoms with Gasteiger partial charge in [-0.05, 0) is 61.8 Å². The van der Waals surface area contributed by atoms with Crippen LogP contribution < -0.4 is 15.8 Å². The second kappa shape index (κ2) is 10.5. The molecule has 0 bridgehead atoms. The molecule has 0 spiro atoms. The summed E-state index contributed by atoms with van der Waals surface area (Å²) in [5, 5.41) is 38.9. The third kappa shape index (κ3) is 4.73. The van der Waals surface area contributed by atoms with Gasteiger partial charge in [0.2, 0.25) is 17.7 Å². The summed E-state index contributed by atoms with van der Waals surface area (Å²) in [5.41, 5.74) is 9.57.